The summed E-state index contributed by atoms with van der Waals surface area (Å²) in [6.45, 7) is 16.9. The maximum Gasteiger partial charge on any atom is -0.00593 e. The lowest BCUT2D eigenvalue weighted by molar-refractivity contribution is -0.0598. The molecule has 4 aliphatic rings. The van der Waals surface area contributed by atoms with Gasteiger partial charge >= 0.3 is 0 Å². The molecule has 0 aliphatic heterocycles. The molecular weight excluding hydrogens is 264 g/mol. The Hall–Kier alpha value is -0.520. The van der Waals surface area contributed by atoms with Crippen LogP contribution in [0.4, 0.5) is 0 Å². The maximum absolute atomic E-state index is 4.63. The Morgan fingerprint density at radius 1 is 0.955 bits per heavy atom. The molecule has 4 saturated carbocycles. The Bertz CT molecular complexity index is 514. The topological polar surface area (TPSA) is 0 Å². The van der Waals surface area contributed by atoms with E-state index in [2.05, 4.69) is 33.9 Å². The molecule has 7 atom stereocenters. The highest BCUT2D eigenvalue weighted by molar-refractivity contribution is 5.29. The van der Waals surface area contributed by atoms with Crippen LogP contribution in [0.25, 0.3) is 0 Å². The molecule has 0 aromatic carbocycles. The molecule has 0 N–H and O–H groups in total. The maximum atomic E-state index is 4.63. The second-order valence-corrected chi connectivity index (χ2v) is 9.62. The van der Waals surface area contributed by atoms with Crippen LogP contribution >= 0.6 is 0 Å². The molecule has 0 unspecified atom stereocenters. The molecule has 0 aromatic heterocycles. The molecule has 0 nitrogen and oxygen atoms in total. The second kappa shape index (κ2) is 4.74. The molecule has 0 bridgehead atoms. The van der Waals surface area contributed by atoms with E-state index in [0.29, 0.717) is 10.8 Å². The van der Waals surface area contributed by atoms with Gasteiger partial charge in [0, 0.05) is 0 Å². The average Bonchev–Trinajstić information content (AvgIpc) is 2.78. The van der Waals surface area contributed by atoms with E-state index in [1.54, 1.807) is 11.1 Å². The third-order valence-electron chi connectivity index (χ3n) is 9.08. The van der Waals surface area contributed by atoms with Gasteiger partial charge in [-0.2, -0.15) is 0 Å². The van der Waals surface area contributed by atoms with Crippen molar-refractivity contribution in [2.75, 3.05) is 0 Å². The van der Waals surface area contributed by atoms with E-state index < -0.39 is 0 Å². The van der Waals surface area contributed by atoms with Gasteiger partial charge in [0.1, 0.15) is 0 Å². The van der Waals surface area contributed by atoms with Crippen molar-refractivity contribution in [1.29, 1.82) is 0 Å². The van der Waals surface area contributed by atoms with Crippen molar-refractivity contribution in [3.63, 3.8) is 0 Å². The van der Waals surface area contributed by atoms with Crippen LogP contribution in [-0.2, 0) is 0 Å². The number of allylic oxidation sites excluding steroid dienone is 2. The second-order valence-electron chi connectivity index (χ2n) is 9.62. The zero-order valence-corrected chi connectivity index (χ0v) is 15.0. The van der Waals surface area contributed by atoms with Crippen LogP contribution < -0.4 is 0 Å². The molecule has 122 valence electrons. The SMILES string of the molecule is C=C1C[C@@H]2CCCC[C@]2(C)[C@H]2CC(=C)[C@]3(C)[C@@H](C)CC[C@H]3[C@H]12. The van der Waals surface area contributed by atoms with Crippen LogP contribution in [0.2, 0.25) is 0 Å². The minimum Gasteiger partial charge on any atom is -0.0995 e. The van der Waals surface area contributed by atoms with Crippen LogP contribution in [-0.4, -0.2) is 0 Å². The molecule has 0 aromatic rings. The molecule has 4 fully saturated rings. The number of rotatable bonds is 0. The summed E-state index contributed by atoms with van der Waals surface area (Å²) in [5, 5.41) is 0. The Morgan fingerprint density at radius 2 is 1.73 bits per heavy atom. The first kappa shape index (κ1) is 15.0. The van der Waals surface area contributed by atoms with Crippen molar-refractivity contribution >= 4 is 0 Å². The fraction of sp³-hybridized carbons (Fsp3) is 0.818. The van der Waals surface area contributed by atoms with Gasteiger partial charge in [0.2, 0.25) is 0 Å². The van der Waals surface area contributed by atoms with E-state index in [-0.39, 0.29) is 0 Å². The average molecular weight is 299 g/mol. The third kappa shape index (κ3) is 1.70. The highest BCUT2D eigenvalue weighted by atomic mass is 14.6. The van der Waals surface area contributed by atoms with E-state index in [9.17, 15) is 0 Å². The van der Waals surface area contributed by atoms with E-state index in [0.717, 1.165) is 29.6 Å². The van der Waals surface area contributed by atoms with E-state index in [1.165, 1.54) is 51.4 Å². The van der Waals surface area contributed by atoms with Crippen LogP contribution in [0, 0.1) is 40.4 Å². The highest BCUT2D eigenvalue weighted by Gasteiger charge is 2.61. The first-order valence-electron chi connectivity index (χ1n) is 9.75. The molecule has 4 rings (SSSR count). The lowest BCUT2D eigenvalue weighted by Crippen LogP contribution is -2.53. The molecule has 4 aliphatic carbocycles. The van der Waals surface area contributed by atoms with E-state index in [4.69, 9.17) is 0 Å². The summed E-state index contributed by atoms with van der Waals surface area (Å²) in [5.41, 5.74) is 4.17. The van der Waals surface area contributed by atoms with Gasteiger partial charge in [-0.15, -0.1) is 0 Å². The van der Waals surface area contributed by atoms with Crippen molar-refractivity contribution in [2.45, 2.75) is 72.1 Å². The van der Waals surface area contributed by atoms with Gasteiger partial charge < -0.3 is 0 Å². The zero-order chi connectivity index (χ0) is 15.7. The van der Waals surface area contributed by atoms with Gasteiger partial charge in [0.05, 0.1) is 0 Å². The molecule has 0 radical (unpaired) electrons. The van der Waals surface area contributed by atoms with E-state index >= 15 is 0 Å². The summed E-state index contributed by atoms with van der Waals surface area (Å²) < 4.78 is 0. The molecule has 0 saturated heterocycles. The lowest BCUT2D eigenvalue weighted by atomic mass is 9.43. The van der Waals surface area contributed by atoms with Crippen LogP contribution in [0.15, 0.2) is 24.3 Å². The zero-order valence-electron chi connectivity index (χ0n) is 15.0. The minimum absolute atomic E-state index is 0.391. The van der Waals surface area contributed by atoms with Crippen molar-refractivity contribution in [3.8, 4) is 0 Å². The molecule has 0 heterocycles. The first-order chi connectivity index (χ1) is 10.4. The molecule has 0 heteroatoms. The van der Waals surface area contributed by atoms with Crippen LogP contribution in [0.1, 0.15) is 72.1 Å². The smallest absolute Gasteiger partial charge is 0.00593 e. The highest BCUT2D eigenvalue weighted by Crippen LogP contribution is 2.69. The minimum atomic E-state index is 0.391. The van der Waals surface area contributed by atoms with Gasteiger partial charge in [0.15, 0.2) is 0 Å². The fourth-order valence-electron chi connectivity index (χ4n) is 7.37. The van der Waals surface area contributed by atoms with Gasteiger partial charge in [-0.25, -0.2) is 0 Å². The predicted octanol–water partition coefficient (Wildman–Crippen LogP) is 6.39. The number of hydrogen-bond acceptors (Lipinski definition) is 0. The summed E-state index contributed by atoms with van der Waals surface area (Å²) in [5.74, 6) is 4.19. The van der Waals surface area contributed by atoms with Crippen molar-refractivity contribution in [2.24, 2.45) is 40.4 Å². The number of hydrogen-bond donors (Lipinski definition) is 0. The van der Waals surface area contributed by atoms with Gasteiger partial charge in [0.25, 0.3) is 0 Å². The van der Waals surface area contributed by atoms with Crippen molar-refractivity contribution in [1.82, 2.24) is 0 Å². The Balaban J connectivity index is 1.76. The first-order valence-corrected chi connectivity index (χ1v) is 9.75. The molecule has 0 spiro atoms. The summed E-state index contributed by atoms with van der Waals surface area (Å²) >= 11 is 0. The monoisotopic (exact) mass is 298 g/mol. The Kier molecular flexibility index (Phi) is 3.24. The summed E-state index contributed by atoms with van der Waals surface area (Å²) in [6, 6.07) is 0. The van der Waals surface area contributed by atoms with E-state index in [1.807, 2.05) is 0 Å². The van der Waals surface area contributed by atoms with Crippen molar-refractivity contribution < 1.29 is 0 Å². The van der Waals surface area contributed by atoms with Crippen LogP contribution in [0.3, 0.4) is 0 Å². The summed E-state index contributed by atoms with van der Waals surface area (Å²) in [6.07, 6.45) is 11.2. The molecule has 0 amide bonds. The summed E-state index contributed by atoms with van der Waals surface area (Å²) in [7, 11) is 0. The third-order valence-corrected chi connectivity index (χ3v) is 9.08. The van der Waals surface area contributed by atoms with Gasteiger partial charge in [-0.1, -0.05) is 57.9 Å². The van der Waals surface area contributed by atoms with Gasteiger partial charge in [-0.05, 0) is 78.9 Å². The number of fused-ring (bicyclic) bond motifs is 5. The molecular formula is C22H34. The van der Waals surface area contributed by atoms with Crippen LogP contribution in [0.5, 0.6) is 0 Å². The normalized spacial score (nSPS) is 54.6. The Morgan fingerprint density at radius 3 is 2.50 bits per heavy atom. The summed E-state index contributed by atoms with van der Waals surface area (Å²) in [4.78, 5) is 0. The van der Waals surface area contributed by atoms with Gasteiger partial charge in [-0.3, -0.25) is 0 Å². The Labute approximate surface area is 137 Å². The predicted molar refractivity (Wildman–Crippen MR) is 94.6 cm³/mol. The van der Waals surface area contributed by atoms with Crippen molar-refractivity contribution in [3.05, 3.63) is 24.3 Å². The molecule has 22 heavy (non-hydrogen) atoms. The quantitative estimate of drug-likeness (QED) is 0.455. The standard InChI is InChI=1S/C22H34/c1-14-12-17-8-6-7-11-21(17,4)19-13-16(3)22(5)15(2)9-10-18(22)20(14)19/h15,17-20H,1,3,6-13H2,2,4-5H3/t15-,17-,18-,19-,20-,21-,22-/m0/s1. The largest absolute Gasteiger partial charge is 0.0995 e. The lowest BCUT2D eigenvalue weighted by Gasteiger charge is -2.61. The fourth-order valence-corrected chi connectivity index (χ4v) is 7.37.